The highest BCUT2D eigenvalue weighted by Gasteiger charge is 2.22. The summed E-state index contributed by atoms with van der Waals surface area (Å²) in [6, 6.07) is 12.6. The molecule has 7 nitrogen and oxygen atoms in total. The smallest absolute Gasteiger partial charge is 0.204 e. The molecule has 4 rings (SSSR count). The summed E-state index contributed by atoms with van der Waals surface area (Å²) in [4.78, 5) is 15.2. The average molecular weight is 414 g/mol. The summed E-state index contributed by atoms with van der Waals surface area (Å²) in [7, 11) is 0. The Morgan fingerprint density at radius 1 is 0.964 bits per heavy atom. The molecule has 1 aliphatic rings. The van der Waals surface area contributed by atoms with E-state index in [1.54, 1.807) is 30.3 Å². The molecule has 0 unspecified atom stereocenters. The van der Waals surface area contributed by atoms with Crippen molar-refractivity contribution in [3.05, 3.63) is 58.8 Å². The fourth-order valence-electron chi connectivity index (χ4n) is 2.89. The highest BCUT2D eigenvalue weighted by molar-refractivity contribution is 6.40. The number of guanidine groups is 1. The predicted molar refractivity (Wildman–Crippen MR) is 116 cm³/mol. The van der Waals surface area contributed by atoms with Gasteiger partial charge in [-0.3, -0.25) is 9.89 Å². The number of nitrogen functional groups attached to an aromatic ring is 2. The minimum atomic E-state index is 0.510. The quantitative estimate of drug-likeness (QED) is 0.562. The topological polar surface area (TPSA) is 105 Å². The van der Waals surface area contributed by atoms with Crippen LogP contribution in [0.3, 0.4) is 0 Å². The van der Waals surface area contributed by atoms with Crippen LogP contribution in [0.15, 0.2) is 53.8 Å². The largest absolute Gasteiger partial charge is 0.397 e. The zero-order chi connectivity index (χ0) is 19.7. The van der Waals surface area contributed by atoms with Crippen LogP contribution in [0.2, 0.25) is 10.0 Å². The molecule has 1 aromatic heterocycles. The second-order valence-electron chi connectivity index (χ2n) is 6.18. The molecule has 142 valence electrons. The molecule has 0 aliphatic carbocycles. The number of nitrogens with zero attached hydrogens (tertiary/aromatic N) is 4. The lowest BCUT2D eigenvalue weighted by Gasteiger charge is -2.21. The van der Waals surface area contributed by atoms with Crippen LogP contribution in [0, 0.1) is 0 Å². The molecule has 0 bridgehead atoms. The van der Waals surface area contributed by atoms with Crippen molar-refractivity contribution in [2.24, 2.45) is 4.99 Å². The second kappa shape index (κ2) is 7.53. The fraction of sp³-hybridized carbons (Fsp3) is 0.105. The van der Waals surface area contributed by atoms with Gasteiger partial charge < -0.3 is 16.8 Å². The number of hydrogen-bond donors (Lipinski definition) is 3. The Bertz CT molecular complexity index is 1050. The van der Waals surface area contributed by atoms with E-state index in [2.05, 4.69) is 20.3 Å². The molecule has 0 radical (unpaired) electrons. The van der Waals surface area contributed by atoms with Gasteiger partial charge in [0.05, 0.1) is 39.3 Å². The number of benzene rings is 2. The number of aromatic nitrogens is 2. The Balaban J connectivity index is 1.63. The van der Waals surface area contributed by atoms with Gasteiger partial charge in [-0.1, -0.05) is 35.3 Å². The number of aliphatic imine (C=N–C) groups is 1. The lowest BCUT2D eigenvalue weighted by molar-refractivity contribution is 0.989. The molecule has 1 aliphatic heterocycles. The summed E-state index contributed by atoms with van der Waals surface area (Å²) < 4.78 is 0. The number of nitrogens with one attached hydrogen (secondary N) is 1. The third-order valence-corrected chi connectivity index (χ3v) is 4.98. The number of anilines is 4. The van der Waals surface area contributed by atoms with Crippen LogP contribution in [-0.2, 0) is 0 Å². The summed E-state index contributed by atoms with van der Waals surface area (Å²) in [5.41, 5.74) is 15.0. The minimum Gasteiger partial charge on any atom is -0.397 e. The SMILES string of the molecule is Nc1ccc(-c2cc(N3CCN=C3Nc3c(Cl)cccc3Cl)ncn2)cc1N. The van der Waals surface area contributed by atoms with Crippen molar-refractivity contribution in [1.82, 2.24) is 9.97 Å². The van der Waals surface area contributed by atoms with Crippen molar-refractivity contribution in [3.63, 3.8) is 0 Å². The average Bonchev–Trinajstić information content (AvgIpc) is 3.15. The first-order valence-corrected chi connectivity index (χ1v) is 9.29. The van der Waals surface area contributed by atoms with Crippen molar-refractivity contribution >= 4 is 52.0 Å². The molecule has 0 fully saturated rings. The molecular formula is C19H17Cl2N7. The van der Waals surface area contributed by atoms with E-state index in [0.29, 0.717) is 52.0 Å². The predicted octanol–water partition coefficient (Wildman–Crippen LogP) is 3.90. The molecule has 3 aromatic rings. The van der Waals surface area contributed by atoms with E-state index < -0.39 is 0 Å². The summed E-state index contributed by atoms with van der Waals surface area (Å²) >= 11 is 12.5. The van der Waals surface area contributed by atoms with Gasteiger partial charge in [-0.05, 0) is 24.3 Å². The number of rotatable bonds is 3. The van der Waals surface area contributed by atoms with Crippen LogP contribution in [-0.4, -0.2) is 29.0 Å². The molecule has 0 atom stereocenters. The van der Waals surface area contributed by atoms with E-state index in [1.807, 2.05) is 17.0 Å². The highest BCUT2D eigenvalue weighted by Crippen LogP contribution is 2.31. The lowest BCUT2D eigenvalue weighted by atomic mass is 10.1. The zero-order valence-electron chi connectivity index (χ0n) is 14.7. The van der Waals surface area contributed by atoms with Gasteiger partial charge >= 0.3 is 0 Å². The van der Waals surface area contributed by atoms with Gasteiger partial charge in [-0.15, -0.1) is 0 Å². The van der Waals surface area contributed by atoms with Crippen molar-refractivity contribution in [1.29, 1.82) is 0 Å². The molecule has 0 spiro atoms. The molecule has 2 heterocycles. The van der Waals surface area contributed by atoms with Gasteiger partial charge in [-0.25, -0.2) is 9.97 Å². The number of hydrogen-bond acceptors (Lipinski definition) is 7. The summed E-state index contributed by atoms with van der Waals surface area (Å²) in [5, 5.41) is 4.25. The third-order valence-electron chi connectivity index (χ3n) is 4.35. The van der Waals surface area contributed by atoms with Crippen LogP contribution in [0.25, 0.3) is 11.3 Å². The van der Waals surface area contributed by atoms with E-state index in [1.165, 1.54) is 6.33 Å². The number of nitrogens with two attached hydrogens (primary N) is 2. The molecule has 0 saturated carbocycles. The first-order valence-electron chi connectivity index (χ1n) is 8.53. The van der Waals surface area contributed by atoms with Gasteiger partial charge in [0.25, 0.3) is 0 Å². The number of halogens is 2. The summed E-state index contributed by atoms with van der Waals surface area (Å²) in [6.45, 7) is 1.29. The number of para-hydroxylation sites is 1. The maximum Gasteiger partial charge on any atom is 0.204 e. The van der Waals surface area contributed by atoms with Crippen LogP contribution < -0.4 is 21.7 Å². The highest BCUT2D eigenvalue weighted by atomic mass is 35.5. The van der Waals surface area contributed by atoms with Gasteiger partial charge in [0.2, 0.25) is 5.96 Å². The standard InChI is InChI=1S/C19H17Cl2N7/c20-12-2-1-3-13(21)18(12)27-19-24-6-7-28(19)17-9-16(25-10-26-17)11-4-5-14(22)15(23)8-11/h1-5,8-10H,6-7,22-23H2,(H,24,27). The van der Waals surface area contributed by atoms with Gasteiger partial charge in [0.15, 0.2) is 0 Å². The lowest BCUT2D eigenvalue weighted by Crippen LogP contribution is -2.33. The first-order chi connectivity index (χ1) is 13.5. The van der Waals surface area contributed by atoms with Crippen LogP contribution >= 0.6 is 23.2 Å². The Morgan fingerprint density at radius 2 is 1.75 bits per heavy atom. The van der Waals surface area contributed by atoms with Crippen LogP contribution in [0.4, 0.5) is 22.9 Å². The normalized spacial score (nSPS) is 13.5. The van der Waals surface area contributed by atoms with Gasteiger partial charge in [0.1, 0.15) is 12.1 Å². The minimum absolute atomic E-state index is 0.510. The van der Waals surface area contributed by atoms with Crippen molar-refractivity contribution < 1.29 is 0 Å². The molecule has 2 aromatic carbocycles. The maximum atomic E-state index is 6.27. The van der Waals surface area contributed by atoms with Crippen molar-refractivity contribution in [2.45, 2.75) is 0 Å². The second-order valence-corrected chi connectivity index (χ2v) is 7.00. The van der Waals surface area contributed by atoms with Crippen LogP contribution in [0.5, 0.6) is 0 Å². The Hall–Kier alpha value is -3.03. The molecule has 5 N–H and O–H groups in total. The van der Waals surface area contributed by atoms with E-state index in [-0.39, 0.29) is 0 Å². The maximum absolute atomic E-state index is 6.27. The van der Waals surface area contributed by atoms with E-state index >= 15 is 0 Å². The molecule has 28 heavy (non-hydrogen) atoms. The molecule has 9 heteroatoms. The van der Waals surface area contributed by atoms with E-state index in [0.717, 1.165) is 11.3 Å². The van der Waals surface area contributed by atoms with E-state index in [4.69, 9.17) is 34.7 Å². The summed E-state index contributed by atoms with van der Waals surface area (Å²) in [5.74, 6) is 1.32. The molecule has 0 amide bonds. The van der Waals surface area contributed by atoms with Crippen molar-refractivity contribution in [3.8, 4) is 11.3 Å². The zero-order valence-corrected chi connectivity index (χ0v) is 16.2. The molecular weight excluding hydrogens is 397 g/mol. The van der Waals surface area contributed by atoms with Crippen LogP contribution in [0.1, 0.15) is 0 Å². The van der Waals surface area contributed by atoms with E-state index in [9.17, 15) is 0 Å². The Labute approximate surface area is 172 Å². The first kappa shape index (κ1) is 18.3. The fourth-order valence-corrected chi connectivity index (χ4v) is 3.38. The third kappa shape index (κ3) is 3.54. The Kier molecular flexibility index (Phi) is 4.93. The Morgan fingerprint density at radius 3 is 2.50 bits per heavy atom. The molecule has 0 saturated heterocycles. The monoisotopic (exact) mass is 413 g/mol. The van der Waals surface area contributed by atoms with Crippen molar-refractivity contribution in [2.75, 3.05) is 34.8 Å². The van der Waals surface area contributed by atoms with Gasteiger partial charge in [0, 0.05) is 18.2 Å². The summed E-state index contributed by atoms with van der Waals surface area (Å²) in [6.07, 6.45) is 1.51. The van der Waals surface area contributed by atoms with Gasteiger partial charge in [-0.2, -0.15) is 0 Å².